The summed E-state index contributed by atoms with van der Waals surface area (Å²) in [6.45, 7) is 3.52. The number of hydrogen-bond acceptors (Lipinski definition) is 5. The zero-order chi connectivity index (χ0) is 23.6. The van der Waals surface area contributed by atoms with Crippen LogP contribution in [-0.4, -0.2) is 35.7 Å². The second-order valence-corrected chi connectivity index (χ2v) is 11.0. The highest BCUT2D eigenvalue weighted by molar-refractivity contribution is 7.92. The number of aromatic nitrogens is 2. The van der Waals surface area contributed by atoms with Crippen molar-refractivity contribution in [2.75, 3.05) is 10.5 Å². The molecule has 0 saturated heterocycles. The molecule has 33 heavy (non-hydrogen) atoms. The molecule has 2 aromatic heterocycles. The van der Waals surface area contributed by atoms with Crippen LogP contribution in [0.15, 0.2) is 60.0 Å². The van der Waals surface area contributed by atoms with Crippen LogP contribution in [0.2, 0.25) is 0 Å². The molecule has 4 aromatic rings. The second kappa shape index (κ2) is 9.36. The third-order valence-corrected chi connectivity index (χ3v) is 7.57. The van der Waals surface area contributed by atoms with Gasteiger partial charge in [-0.3, -0.25) is 9.52 Å². The number of fused-ring (bicyclic) bond motifs is 1. The minimum absolute atomic E-state index is 0.0676. The van der Waals surface area contributed by atoms with E-state index in [0.29, 0.717) is 28.1 Å². The van der Waals surface area contributed by atoms with Crippen LogP contribution in [0, 0.1) is 0 Å². The Morgan fingerprint density at radius 1 is 1.15 bits per heavy atom. The summed E-state index contributed by atoms with van der Waals surface area (Å²) in [6.07, 6.45) is 0.718. The fourth-order valence-corrected chi connectivity index (χ4v) is 5.22. The van der Waals surface area contributed by atoms with Gasteiger partial charge in [-0.25, -0.2) is 13.4 Å². The molecule has 172 valence electrons. The Morgan fingerprint density at radius 2 is 1.91 bits per heavy atom. The molecule has 1 amide bonds. The van der Waals surface area contributed by atoms with E-state index in [1.165, 1.54) is 4.88 Å². The van der Waals surface area contributed by atoms with Crippen molar-refractivity contribution in [1.29, 1.82) is 0 Å². The molecular formula is C24H26N4O3S2. The smallest absolute Gasteiger partial charge is 0.253 e. The molecule has 2 heterocycles. The number of imidazole rings is 1. The Morgan fingerprint density at radius 3 is 2.58 bits per heavy atom. The lowest BCUT2D eigenvalue weighted by Gasteiger charge is -2.15. The monoisotopic (exact) mass is 482 g/mol. The van der Waals surface area contributed by atoms with Crippen molar-refractivity contribution in [3.63, 3.8) is 0 Å². The molecule has 0 unspecified atom stereocenters. The third kappa shape index (κ3) is 5.09. The van der Waals surface area contributed by atoms with Crippen molar-refractivity contribution in [2.24, 2.45) is 7.05 Å². The van der Waals surface area contributed by atoms with Crippen LogP contribution in [-0.2, 0) is 23.5 Å². The van der Waals surface area contributed by atoms with Crippen LogP contribution < -0.4 is 10.0 Å². The predicted octanol–water partition coefficient (Wildman–Crippen LogP) is 4.42. The molecule has 0 fully saturated rings. The van der Waals surface area contributed by atoms with Crippen molar-refractivity contribution >= 4 is 44.0 Å². The maximum Gasteiger partial charge on any atom is 0.253 e. The number of nitrogens with zero attached hydrogens (tertiary/aromatic N) is 2. The van der Waals surface area contributed by atoms with Gasteiger partial charge in [-0.2, -0.15) is 0 Å². The lowest BCUT2D eigenvalue weighted by atomic mass is 10.1. The molecule has 0 bridgehead atoms. The number of sulfonamides is 1. The first-order valence-corrected chi connectivity index (χ1v) is 13.2. The molecule has 0 aliphatic carbocycles. The summed E-state index contributed by atoms with van der Waals surface area (Å²) < 4.78 is 28.8. The molecule has 1 atom stereocenters. The van der Waals surface area contributed by atoms with Crippen LogP contribution >= 0.6 is 11.3 Å². The topological polar surface area (TPSA) is 93.1 Å². The first-order chi connectivity index (χ1) is 15.8. The van der Waals surface area contributed by atoms with Crippen LogP contribution in [0.3, 0.4) is 0 Å². The Hall–Kier alpha value is -3.17. The molecule has 0 aliphatic rings. The van der Waals surface area contributed by atoms with Crippen molar-refractivity contribution in [2.45, 2.75) is 26.3 Å². The number of carbonyl (C=O) groups excluding carboxylic acids is 1. The SMILES string of the molecule is CCS(=O)(=O)Nc1cc(C(=O)N[C@H](C)Cc2cccs2)c2c(c1)nc(-c1ccccc1)n2C. The van der Waals surface area contributed by atoms with Crippen LogP contribution in [0.1, 0.15) is 29.1 Å². The van der Waals surface area contributed by atoms with E-state index in [1.54, 1.807) is 30.4 Å². The van der Waals surface area contributed by atoms with E-state index in [2.05, 4.69) is 10.0 Å². The van der Waals surface area contributed by atoms with Crippen molar-refractivity contribution in [3.05, 3.63) is 70.4 Å². The van der Waals surface area contributed by atoms with Crippen LogP contribution in [0.5, 0.6) is 0 Å². The lowest BCUT2D eigenvalue weighted by molar-refractivity contribution is 0.0941. The first kappa shape index (κ1) is 23.0. The summed E-state index contributed by atoms with van der Waals surface area (Å²) in [6, 6.07) is 16.9. The second-order valence-electron chi connectivity index (χ2n) is 7.92. The maximum absolute atomic E-state index is 13.4. The zero-order valence-electron chi connectivity index (χ0n) is 18.7. The molecule has 0 radical (unpaired) electrons. The highest BCUT2D eigenvalue weighted by Crippen LogP contribution is 2.29. The summed E-state index contributed by atoms with van der Waals surface area (Å²) in [5.41, 5.74) is 2.79. The highest BCUT2D eigenvalue weighted by atomic mass is 32.2. The number of thiophene rings is 1. The lowest BCUT2D eigenvalue weighted by Crippen LogP contribution is -2.34. The zero-order valence-corrected chi connectivity index (χ0v) is 20.3. The average molecular weight is 483 g/mol. The fourth-order valence-electron chi connectivity index (χ4n) is 3.76. The summed E-state index contributed by atoms with van der Waals surface area (Å²) in [5, 5.41) is 5.07. The van der Waals surface area contributed by atoms with Gasteiger partial charge >= 0.3 is 0 Å². The normalized spacial score (nSPS) is 12.6. The Bertz CT molecular complexity index is 1380. The average Bonchev–Trinajstić information content (AvgIpc) is 3.41. The summed E-state index contributed by atoms with van der Waals surface area (Å²) in [4.78, 5) is 19.3. The van der Waals surface area contributed by atoms with Gasteiger partial charge in [-0.15, -0.1) is 11.3 Å². The molecule has 0 saturated carbocycles. The number of anilines is 1. The number of hydrogen-bond donors (Lipinski definition) is 2. The predicted molar refractivity (Wildman–Crippen MR) is 134 cm³/mol. The molecule has 2 aromatic carbocycles. The molecule has 7 nitrogen and oxygen atoms in total. The van der Waals surface area contributed by atoms with Gasteiger partial charge in [0, 0.05) is 30.0 Å². The van der Waals surface area contributed by atoms with E-state index in [-0.39, 0.29) is 17.7 Å². The highest BCUT2D eigenvalue weighted by Gasteiger charge is 2.21. The van der Waals surface area contributed by atoms with Crippen LogP contribution in [0.4, 0.5) is 5.69 Å². The van der Waals surface area contributed by atoms with Gasteiger partial charge in [0.05, 0.1) is 28.0 Å². The maximum atomic E-state index is 13.4. The van der Waals surface area contributed by atoms with E-state index in [1.807, 2.05) is 66.4 Å². The van der Waals surface area contributed by atoms with Crippen molar-refractivity contribution in [1.82, 2.24) is 14.9 Å². The Balaban J connectivity index is 1.77. The van der Waals surface area contributed by atoms with Gasteiger partial charge in [0.25, 0.3) is 5.91 Å². The summed E-state index contributed by atoms with van der Waals surface area (Å²) in [5.74, 6) is 0.355. The summed E-state index contributed by atoms with van der Waals surface area (Å²) >= 11 is 1.65. The molecule has 9 heteroatoms. The number of aryl methyl sites for hydroxylation is 1. The van der Waals surface area contributed by atoms with E-state index in [9.17, 15) is 13.2 Å². The first-order valence-electron chi connectivity index (χ1n) is 10.7. The quantitative estimate of drug-likeness (QED) is 0.389. The van der Waals surface area contributed by atoms with Gasteiger partial charge in [0.2, 0.25) is 10.0 Å². The van der Waals surface area contributed by atoms with E-state index < -0.39 is 10.0 Å². The van der Waals surface area contributed by atoms with Gasteiger partial charge in [0.15, 0.2) is 0 Å². The molecular weight excluding hydrogens is 456 g/mol. The minimum atomic E-state index is -3.51. The van der Waals surface area contributed by atoms with Crippen LogP contribution in [0.25, 0.3) is 22.4 Å². The Kier molecular flexibility index (Phi) is 6.53. The third-order valence-electron chi connectivity index (χ3n) is 5.36. The van der Waals surface area contributed by atoms with Gasteiger partial charge in [-0.05, 0) is 37.4 Å². The standard InChI is InChI=1S/C24H26N4O3S2/c1-4-33(30,31)27-18-14-20(24(29)25-16(2)13-19-11-8-12-32-19)22-21(15-18)26-23(28(22)3)17-9-6-5-7-10-17/h5-12,14-16,27H,4,13H2,1-3H3,(H,25,29)/t16-/m1/s1. The van der Waals surface area contributed by atoms with Gasteiger partial charge < -0.3 is 9.88 Å². The van der Waals surface area contributed by atoms with Gasteiger partial charge in [-0.1, -0.05) is 36.4 Å². The van der Waals surface area contributed by atoms with E-state index in [4.69, 9.17) is 4.98 Å². The number of rotatable bonds is 8. The molecule has 0 spiro atoms. The summed E-state index contributed by atoms with van der Waals surface area (Å²) in [7, 11) is -1.65. The fraction of sp³-hybridized carbons (Fsp3) is 0.250. The number of benzene rings is 2. The van der Waals surface area contributed by atoms with E-state index >= 15 is 0 Å². The number of amides is 1. The van der Waals surface area contributed by atoms with Crippen molar-refractivity contribution in [3.8, 4) is 11.4 Å². The minimum Gasteiger partial charge on any atom is -0.349 e. The van der Waals surface area contributed by atoms with E-state index in [0.717, 1.165) is 12.0 Å². The molecule has 4 rings (SSSR count). The number of nitrogens with one attached hydrogen (secondary N) is 2. The Labute approximate surface area is 197 Å². The largest absolute Gasteiger partial charge is 0.349 e. The van der Waals surface area contributed by atoms with Gasteiger partial charge in [0.1, 0.15) is 5.82 Å². The molecule has 2 N–H and O–H groups in total. The molecule has 0 aliphatic heterocycles. The van der Waals surface area contributed by atoms with Crippen molar-refractivity contribution < 1.29 is 13.2 Å². The number of carbonyl (C=O) groups is 1.